The van der Waals surface area contributed by atoms with Crippen LogP contribution in [-0.2, 0) is 12.7 Å². The number of allylic oxidation sites excluding steroid dienone is 1. The molecule has 118 valence electrons. The van der Waals surface area contributed by atoms with Gasteiger partial charge in [0.1, 0.15) is 5.82 Å². The molecule has 1 rings (SSSR count). The quantitative estimate of drug-likeness (QED) is 0.408. The van der Waals surface area contributed by atoms with Gasteiger partial charge in [-0.15, -0.1) is 6.58 Å². The van der Waals surface area contributed by atoms with Crippen molar-refractivity contribution in [3.63, 3.8) is 0 Å². The molecule has 0 spiro atoms. The fourth-order valence-corrected chi connectivity index (χ4v) is 2.14. The molecule has 1 N–H and O–H groups in total. The van der Waals surface area contributed by atoms with Crippen LogP contribution in [0.1, 0.15) is 37.3 Å². The zero-order valence-electron chi connectivity index (χ0n) is 12.1. The molecule has 0 aliphatic carbocycles. The molecule has 0 radical (unpaired) electrons. The van der Waals surface area contributed by atoms with Crippen LogP contribution in [0.5, 0.6) is 0 Å². The Morgan fingerprint density at radius 1 is 1.33 bits per heavy atom. The predicted molar refractivity (Wildman–Crippen MR) is 76.3 cm³/mol. The van der Waals surface area contributed by atoms with Crippen molar-refractivity contribution >= 4 is 0 Å². The molecular formula is C16H21F4N. The summed E-state index contributed by atoms with van der Waals surface area (Å²) >= 11 is 0. The van der Waals surface area contributed by atoms with E-state index in [1.165, 1.54) is 0 Å². The average Bonchev–Trinajstić information content (AvgIpc) is 2.42. The molecule has 1 atom stereocenters. The Morgan fingerprint density at radius 2 is 2.05 bits per heavy atom. The monoisotopic (exact) mass is 303 g/mol. The van der Waals surface area contributed by atoms with Crippen LogP contribution in [-0.4, -0.2) is 6.54 Å². The summed E-state index contributed by atoms with van der Waals surface area (Å²) in [5, 5.41) is 3.00. The smallest absolute Gasteiger partial charge is 0.313 e. The number of halogens is 4. The lowest BCUT2D eigenvalue weighted by Gasteiger charge is -2.14. The van der Waals surface area contributed by atoms with Crippen LogP contribution in [0.2, 0.25) is 0 Å². The van der Waals surface area contributed by atoms with Crippen LogP contribution in [0.3, 0.4) is 0 Å². The van der Waals surface area contributed by atoms with Gasteiger partial charge < -0.3 is 5.32 Å². The van der Waals surface area contributed by atoms with Crippen LogP contribution in [0, 0.1) is 11.7 Å². The lowest BCUT2D eigenvalue weighted by Crippen LogP contribution is -2.19. The molecule has 0 aliphatic rings. The maximum Gasteiger partial charge on any atom is 0.416 e. The first-order valence-corrected chi connectivity index (χ1v) is 7.05. The van der Waals surface area contributed by atoms with E-state index >= 15 is 0 Å². The molecule has 1 nitrogen and oxygen atoms in total. The Labute approximate surface area is 123 Å². The summed E-state index contributed by atoms with van der Waals surface area (Å²) in [6.07, 6.45) is 0.241. The highest BCUT2D eigenvalue weighted by Gasteiger charge is 2.30. The second-order valence-electron chi connectivity index (χ2n) is 5.07. The summed E-state index contributed by atoms with van der Waals surface area (Å²) in [5.74, 6) is -0.116. The van der Waals surface area contributed by atoms with Crippen molar-refractivity contribution in [1.29, 1.82) is 0 Å². The van der Waals surface area contributed by atoms with Gasteiger partial charge in [0.2, 0.25) is 0 Å². The van der Waals surface area contributed by atoms with E-state index in [1.807, 2.05) is 6.08 Å². The Kier molecular flexibility index (Phi) is 6.89. The third-order valence-corrected chi connectivity index (χ3v) is 3.50. The van der Waals surface area contributed by atoms with Gasteiger partial charge in [-0.05, 0) is 43.5 Å². The normalized spacial score (nSPS) is 13.2. The van der Waals surface area contributed by atoms with Gasteiger partial charge in [-0.2, -0.15) is 13.2 Å². The Morgan fingerprint density at radius 3 is 2.62 bits per heavy atom. The molecular weight excluding hydrogens is 282 g/mol. The van der Waals surface area contributed by atoms with E-state index in [4.69, 9.17) is 0 Å². The maximum atomic E-state index is 13.5. The molecule has 0 saturated carbocycles. The molecule has 0 heterocycles. The summed E-state index contributed by atoms with van der Waals surface area (Å²) in [6.45, 7) is 6.51. The second kappa shape index (κ2) is 8.17. The first-order valence-electron chi connectivity index (χ1n) is 7.05. The SMILES string of the molecule is C=CCC(CC)CCNCc1cc(C(F)(F)F)ccc1F. The molecule has 0 fully saturated rings. The lowest BCUT2D eigenvalue weighted by molar-refractivity contribution is -0.137. The van der Waals surface area contributed by atoms with E-state index in [0.29, 0.717) is 12.5 Å². The molecule has 0 aliphatic heterocycles. The summed E-state index contributed by atoms with van der Waals surface area (Å²) in [7, 11) is 0. The van der Waals surface area contributed by atoms with E-state index in [1.54, 1.807) is 0 Å². The van der Waals surface area contributed by atoms with Crippen molar-refractivity contribution in [1.82, 2.24) is 5.32 Å². The van der Waals surface area contributed by atoms with E-state index < -0.39 is 17.6 Å². The molecule has 1 unspecified atom stereocenters. The van der Waals surface area contributed by atoms with Gasteiger partial charge in [-0.1, -0.05) is 19.4 Å². The number of nitrogens with one attached hydrogen (secondary N) is 1. The van der Waals surface area contributed by atoms with Crippen molar-refractivity contribution in [3.8, 4) is 0 Å². The summed E-state index contributed by atoms with van der Waals surface area (Å²) in [6, 6.07) is 2.49. The number of benzene rings is 1. The van der Waals surface area contributed by atoms with Crippen LogP contribution < -0.4 is 5.32 Å². The first-order chi connectivity index (χ1) is 9.88. The third-order valence-electron chi connectivity index (χ3n) is 3.50. The van der Waals surface area contributed by atoms with Gasteiger partial charge in [0.05, 0.1) is 5.56 Å². The van der Waals surface area contributed by atoms with E-state index in [2.05, 4.69) is 18.8 Å². The first kappa shape index (κ1) is 17.7. The van der Waals surface area contributed by atoms with Crippen LogP contribution in [0.4, 0.5) is 17.6 Å². The number of hydrogen-bond donors (Lipinski definition) is 1. The number of hydrogen-bond acceptors (Lipinski definition) is 1. The molecule has 0 saturated heterocycles. The van der Waals surface area contributed by atoms with Crippen molar-refractivity contribution in [3.05, 3.63) is 47.8 Å². The topological polar surface area (TPSA) is 12.0 Å². The van der Waals surface area contributed by atoms with Gasteiger partial charge in [-0.25, -0.2) is 4.39 Å². The van der Waals surface area contributed by atoms with Gasteiger partial charge in [-0.3, -0.25) is 0 Å². The molecule has 5 heteroatoms. The van der Waals surface area contributed by atoms with Crippen molar-refractivity contribution in [2.75, 3.05) is 6.54 Å². The highest BCUT2D eigenvalue weighted by molar-refractivity contribution is 5.27. The summed E-state index contributed by atoms with van der Waals surface area (Å²) in [5.41, 5.74) is -0.777. The molecule has 1 aromatic rings. The van der Waals surface area contributed by atoms with Crippen LogP contribution >= 0.6 is 0 Å². The van der Waals surface area contributed by atoms with E-state index in [-0.39, 0.29) is 12.1 Å². The highest BCUT2D eigenvalue weighted by Crippen LogP contribution is 2.30. The average molecular weight is 303 g/mol. The zero-order chi connectivity index (χ0) is 15.9. The summed E-state index contributed by atoms with van der Waals surface area (Å²) < 4.78 is 51.2. The van der Waals surface area contributed by atoms with Crippen molar-refractivity contribution in [2.24, 2.45) is 5.92 Å². The highest BCUT2D eigenvalue weighted by atomic mass is 19.4. The minimum atomic E-state index is -4.44. The van der Waals surface area contributed by atoms with Gasteiger partial charge in [0, 0.05) is 12.1 Å². The van der Waals surface area contributed by atoms with Gasteiger partial charge in [0.15, 0.2) is 0 Å². The predicted octanol–water partition coefficient (Wildman–Crippen LogP) is 4.93. The minimum absolute atomic E-state index is 0.0431. The fraction of sp³-hybridized carbons (Fsp3) is 0.500. The maximum absolute atomic E-state index is 13.5. The largest absolute Gasteiger partial charge is 0.416 e. The van der Waals surface area contributed by atoms with Gasteiger partial charge in [0.25, 0.3) is 0 Å². The molecule has 0 bridgehead atoms. The second-order valence-corrected chi connectivity index (χ2v) is 5.07. The lowest BCUT2D eigenvalue weighted by atomic mass is 9.98. The Bertz CT molecular complexity index is 454. The molecule has 0 amide bonds. The van der Waals surface area contributed by atoms with Gasteiger partial charge >= 0.3 is 6.18 Å². The number of alkyl halides is 3. The Balaban J connectivity index is 2.53. The zero-order valence-corrected chi connectivity index (χ0v) is 12.1. The summed E-state index contributed by atoms with van der Waals surface area (Å²) in [4.78, 5) is 0. The molecule has 0 aromatic heterocycles. The van der Waals surface area contributed by atoms with E-state index in [0.717, 1.165) is 37.5 Å². The molecule has 1 aromatic carbocycles. The van der Waals surface area contributed by atoms with E-state index in [9.17, 15) is 17.6 Å². The van der Waals surface area contributed by atoms with Crippen molar-refractivity contribution in [2.45, 2.75) is 38.9 Å². The minimum Gasteiger partial charge on any atom is -0.313 e. The van der Waals surface area contributed by atoms with Crippen molar-refractivity contribution < 1.29 is 17.6 Å². The standard InChI is InChI=1S/C16H21F4N/c1-3-5-12(4-2)8-9-21-11-13-10-14(16(18,19)20)6-7-15(13)17/h3,6-7,10,12,21H,1,4-5,8-9,11H2,2H3. The third kappa shape index (κ3) is 5.87. The van der Waals surface area contributed by atoms with Crippen LogP contribution in [0.15, 0.2) is 30.9 Å². The number of rotatable bonds is 8. The molecule has 21 heavy (non-hydrogen) atoms. The van der Waals surface area contributed by atoms with Crippen LogP contribution in [0.25, 0.3) is 0 Å². The fourth-order valence-electron chi connectivity index (χ4n) is 2.14. The Hall–Kier alpha value is -1.36.